The van der Waals surface area contributed by atoms with Gasteiger partial charge in [0.1, 0.15) is 10.0 Å². The van der Waals surface area contributed by atoms with Crippen LogP contribution in [0.1, 0.15) is 23.9 Å². The lowest BCUT2D eigenvalue weighted by Gasteiger charge is -2.12. The van der Waals surface area contributed by atoms with Crippen molar-refractivity contribution < 1.29 is 0 Å². The van der Waals surface area contributed by atoms with E-state index >= 15 is 0 Å². The van der Waals surface area contributed by atoms with Crippen molar-refractivity contribution in [3.8, 4) is 0 Å². The summed E-state index contributed by atoms with van der Waals surface area (Å²) in [6, 6.07) is 0. The standard InChI is InChI=1S/C6H11N3S/c1-4-8-9-5(10-4)6(2,3)7/h7H2,1-3H3. The third kappa shape index (κ3) is 1.52. The predicted molar refractivity (Wildman–Crippen MR) is 41.9 cm³/mol. The molecule has 56 valence electrons. The quantitative estimate of drug-likeness (QED) is 0.662. The molecular weight excluding hydrogens is 146 g/mol. The van der Waals surface area contributed by atoms with Crippen molar-refractivity contribution >= 4 is 11.3 Å². The molecule has 1 aromatic heterocycles. The first-order valence-corrected chi connectivity index (χ1v) is 3.91. The zero-order chi connectivity index (χ0) is 7.78. The van der Waals surface area contributed by atoms with Crippen LogP contribution in [0.25, 0.3) is 0 Å². The van der Waals surface area contributed by atoms with Crippen LogP contribution in [0.5, 0.6) is 0 Å². The molecule has 1 rings (SSSR count). The van der Waals surface area contributed by atoms with Gasteiger partial charge in [-0.2, -0.15) is 0 Å². The number of nitrogens with zero attached hydrogens (tertiary/aromatic N) is 2. The fraction of sp³-hybridized carbons (Fsp3) is 0.667. The molecule has 1 heterocycles. The normalized spacial score (nSPS) is 12.0. The van der Waals surface area contributed by atoms with Crippen LogP contribution in [0.2, 0.25) is 0 Å². The van der Waals surface area contributed by atoms with Crippen molar-refractivity contribution in [2.24, 2.45) is 5.73 Å². The summed E-state index contributed by atoms with van der Waals surface area (Å²) in [6.07, 6.45) is 0. The third-order valence-corrected chi connectivity index (χ3v) is 2.26. The number of nitrogens with two attached hydrogens (primary N) is 1. The molecule has 10 heavy (non-hydrogen) atoms. The van der Waals surface area contributed by atoms with Gasteiger partial charge in [0.25, 0.3) is 0 Å². The molecule has 0 atom stereocenters. The van der Waals surface area contributed by atoms with E-state index in [2.05, 4.69) is 10.2 Å². The number of aromatic nitrogens is 2. The van der Waals surface area contributed by atoms with Crippen molar-refractivity contribution in [1.29, 1.82) is 0 Å². The van der Waals surface area contributed by atoms with Crippen LogP contribution in [0.15, 0.2) is 0 Å². The van der Waals surface area contributed by atoms with Gasteiger partial charge >= 0.3 is 0 Å². The lowest BCUT2D eigenvalue weighted by atomic mass is 10.1. The Kier molecular flexibility index (Phi) is 1.74. The maximum atomic E-state index is 5.78. The first kappa shape index (κ1) is 7.63. The second-order valence-electron chi connectivity index (χ2n) is 2.85. The fourth-order valence-electron chi connectivity index (χ4n) is 0.557. The molecule has 0 aliphatic carbocycles. The van der Waals surface area contributed by atoms with Gasteiger partial charge in [0.15, 0.2) is 0 Å². The summed E-state index contributed by atoms with van der Waals surface area (Å²) in [6.45, 7) is 5.77. The molecule has 0 bridgehead atoms. The van der Waals surface area contributed by atoms with Gasteiger partial charge in [-0.05, 0) is 20.8 Å². The minimum Gasteiger partial charge on any atom is -0.320 e. The molecule has 0 aromatic carbocycles. The molecule has 3 nitrogen and oxygen atoms in total. The fourth-order valence-corrected chi connectivity index (χ4v) is 1.26. The van der Waals surface area contributed by atoms with Gasteiger partial charge in [-0.1, -0.05) is 11.3 Å². The monoisotopic (exact) mass is 157 g/mol. The number of hydrogen-bond donors (Lipinski definition) is 1. The van der Waals surface area contributed by atoms with Crippen LogP contribution in [0.3, 0.4) is 0 Å². The zero-order valence-corrected chi connectivity index (χ0v) is 7.20. The van der Waals surface area contributed by atoms with Gasteiger partial charge in [-0.25, -0.2) is 0 Å². The Morgan fingerprint density at radius 1 is 1.40 bits per heavy atom. The lowest BCUT2D eigenvalue weighted by molar-refractivity contribution is 0.544. The Labute approximate surface area is 64.3 Å². The number of hydrogen-bond acceptors (Lipinski definition) is 4. The van der Waals surface area contributed by atoms with Crippen LogP contribution >= 0.6 is 11.3 Å². The molecule has 2 N–H and O–H groups in total. The van der Waals surface area contributed by atoms with E-state index in [0.717, 1.165) is 10.0 Å². The van der Waals surface area contributed by atoms with Gasteiger partial charge in [0, 0.05) is 0 Å². The number of aryl methyl sites for hydroxylation is 1. The lowest BCUT2D eigenvalue weighted by Crippen LogP contribution is -2.28. The highest BCUT2D eigenvalue weighted by atomic mass is 32.1. The summed E-state index contributed by atoms with van der Waals surface area (Å²) in [5, 5.41) is 9.66. The highest BCUT2D eigenvalue weighted by Gasteiger charge is 2.18. The summed E-state index contributed by atoms with van der Waals surface area (Å²) in [5.41, 5.74) is 5.44. The molecule has 0 saturated heterocycles. The second-order valence-corrected chi connectivity index (χ2v) is 4.03. The minimum absolute atomic E-state index is 0.341. The molecule has 0 aliphatic rings. The van der Waals surface area contributed by atoms with Crippen LogP contribution < -0.4 is 5.73 Å². The Balaban J connectivity index is 2.96. The molecule has 0 aliphatic heterocycles. The average Bonchev–Trinajstić information content (AvgIpc) is 2.11. The molecule has 0 fully saturated rings. The molecule has 1 aromatic rings. The van der Waals surface area contributed by atoms with E-state index in [1.807, 2.05) is 20.8 Å². The Bertz CT molecular complexity index is 223. The third-order valence-electron chi connectivity index (χ3n) is 1.08. The van der Waals surface area contributed by atoms with Crippen molar-refractivity contribution in [2.45, 2.75) is 26.3 Å². The van der Waals surface area contributed by atoms with Gasteiger partial charge in [0.05, 0.1) is 5.54 Å². The maximum absolute atomic E-state index is 5.78. The summed E-state index contributed by atoms with van der Waals surface area (Å²) in [7, 11) is 0. The zero-order valence-electron chi connectivity index (χ0n) is 6.38. The summed E-state index contributed by atoms with van der Waals surface area (Å²) >= 11 is 1.55. The van der Waals surface area contributed by atoms with E-state index in [-0.39, 0.29) is 5.54 Å². The van der Waals surface area contributed by atoms with Gasteiger partial charge in [-0.3, -0.25) is 0 Å². The number of rotatable bonds is 1. The van der Waals surface area contributed by atoms with E-state index in [1.165, 1.54) is 0 Å². The highest BCUT2D eigenvalue weighted by molar-refractivity contribution is 7.11. The minimum atomic E-state index is -0.341. The van der Waals surface area contributed by atoms with Crippen molar-refractivity contribution in [3.05, 3.63) is 10.0 Å². The Morgan fingerprint density at radius 3 is 2.20 bits per heavy atom. The van der Waals surface area contributed by atoms with Gasteiger partial charge in [-0.15, -0.1) is 10.2 Å². The van der Waals surface area contributed by atoms with Crippen LogP contribution in [0, 0.1) is 6.92 Å². The summed E-state index contributed by atoms with van der Waals surface area (Å²) in [4.78, 5) is 0. The first-order valence-electron chi connectivity index (χ1n) is 3.09. The molecule has 4 heteroatoms. The average molecular weight is 157 g/mol. The molecule has 0 radical (unpaired) electrons. The molecule has 0 spiro atoms. The van der Waals surface area contributed by atoms with Crippen LogP contribution in [0.4, 0.5) is 0 Å². The SMILES string of the molecule is Cc1nnc(C(C)(C)N)s1. The van der Waals surface area contributed by atoms with Gasteiger partial charge < -0.3 is 5.73 Å². The molecular formula is C6H11N3S. The van der Waals surface area contributed by atoms with Crippen molar-refractivity contribution in [3.63, 3.8) is 0 Å². The van der Waals surface area contributed by atoms with Crippen molar-refractivity contribution in [2.75, 3.05) is 0 Å². The Morgan fingerprint density at radius 2 is 2.00 bits per heavy atom. The largest absolute Gasteiger partial charge is 0.320 e. The first-order chi connectivity index (χ1) is 4.50. The van der Waals surface area contributed by atoms with Crippen LogP contribution in [-0.2, 0) is 5.54 Å². The van der Waals surface area contributed by atoms with E-state index < -0.39 is 0 Å². The van der Waals surface area contributed by atoms with E-state index in [1.54, 1.807) is 11.3 Å². The van der Waals surface area contributed by atoms with E-state index in [0.29, 0.717) is 0 Å². The topological polar surface area (TPSA) is 51.8 Å². The Hall–Kier alpha value is -0.480. The summed E-state index contributed by atoms with van der Waals surface area (Å²) in [5.74, 6) is 0. The van der Waals surface area contributed by atoms with E-state index in [9.17, 15) is 0 Å². The van der Waals surface area contributed by atoms with E-state index in [4.69, 9.17) is 5.73 Å². The molecule has 0 unspecified atom stereocenters. The smallest absolute Gasteiger partial charge is 0.136 e. The predicted octanol–water partition coefficient (Wildman–Crippen LogP) is 1.04. The maximum Gasteiger partial charge on any atom is 0.136 e. The molecule has 0 saturated carbocycles. The van der Waals surface area contributed by atoms with Gasteiger partial charge in [0.2, 0.25) is 0 Å². The van der Waals surface area contributed by atoms with Crippen LogP contribution in [-0.4, -0.2) is 10.2 Å². The van der Waals surface area contributed by atoms with Crippen molar-refractivity contribution in [1.82, 2.24) is 10.2 Å². The summed E-state index contributed by atoms with van der Waals surface area (Å²) < 4.78 is 0. The second kappa shape index (κ2) is 2.29. The highest BCUT2D eigenvalue weighted by Crippen LogP contribution is 2.19. The molecule has 0 amide bonds.